The Balaban J connectivity index is 1.82. The van der Waals surface area contributed by atoms with Crippen molar-refractivity contribution in [2.45, 2.75) is 6.04 Å². The number of nitrogens with one attached hydrogen (secondary N) is 2. The maximum atomic E-state index is 12.0. The molecule has 0 radical (unpaired) electrons. The summed E-state index contributed by atoms with van der Waals surface area (Å²) in [5, 5.41) is 8.14. The summed E-state index contributed by atoms with van der Waals surface area (Å²) in [7, 11) is 0. The van der Waals surface area contributed by atoms with Crippen molar-refractivity contribution < 1.29 is 9.53 Å². The number of carbonyl (C=O) groups is 1. The molecule has 2 heterocycles. The topological polar surface area (TPSA) is 63.2 Å². The van der Waals surface area contributed by atoms with Gasteiger partial charge in [0.2, 0.25) is 5.88 Å². The summed E-state index contributed by atoms with van der Waals surface area (Å²) in [6.07, 6.45) is 1.65. The van der Waals surface area contributed by atoms with E-state index >= 15 is 0 Å². The predicted molar refractivity (Wildman–Crippen MR) is 72.0 cm³/mol. The Hall–Kier alpha value is -1.98. The average Bonchev–Trinajstić information content (AvgIpc) is 2.48. The minimum absolute atomic E-state index is 0.295. The summed E-state index contributed by atoms with van der Waals surface area (Å²) in [6.45, 7) is 2.22. The normalized spacial score (nSPS) is 19.3. The lowest BCUT2D eigenvalue weighted by molar-refractivity contribution is -0.137. The van der Waals surface area contributed by atoms with E-state index in [4.69, 9.17) is 4.74 Å². The summed E-state index contributed by atoms with van der Waals surface area (Å²) < 4.78 is 5.41. The van der Waals surface area contributed by atoms with Gasteiger partial charge in [0.15, 0.2) is 0 Å². The fourth-order valence-electron chi connectivity index (χ4n) is 2.16. The van der Waals surface area contributed by atoms with Gasteiger partial charge in [-0.05, 0) is 17.5 Å². The molecule has 1 aliphatic heterocycles. The first-order valence-corrected chi connectivity index (χ1v) is 6.34. The summed E-state index contributed by atoms with van der Waals surface area (Å²) in [6, 6.07) is 9.30. The van der Waals surface area contributed by atoms with Crippen LogP contribution in [-0.2, 0) is 4.79 Å². The molecule has 98 valence electrons. The van der Waals surface area contributed by atoms with Crippen molar-refractivity contribution in [3.63, 3.8) is 0 Å². The molecule has 0 spiro atoms. The van der Waals surface area contributed by atoms with Gasteiger partial charge in [0.25, 0.3) is 0 Å². The summed E-state index contributed by atoms with van der Waals surface area (Å²) in [5.74, 6) is 0.0755. The lowest BCUT2D eigenvalue weighted by Gasteiger charge is -2.22. The van der Waals surface area contributed by atoms with Gasteiger partial charge in [0.1, 0.15) is 6.04 Å². The fourth-order valence-corrected chi connectivity index (χ4v) is 2.16. The van der Waals surface area contributed by atoms with Crippen molar-refractivity contribution >= 4 is 16.7 Å². The summed E-state index contributed by atoms with van der Waals surface area (Å²) in [5.41, 5.74) is 0. The highest BCUT2D eigenvalue weighted by Crippen LogP contribution is 2.22. The average molecular weight is 257 g/mol. The van der Waals surface area contributed by atoms with Crippen molar-refractivity contribution in [1.82, 2.24) is 15.6 Å². The number of piperazine rings is 1. The largest absolute Gasteiger partial charge is 0.406 e. The Morgan fingerprint density at radius 3 is 3.00 bits per heavy atom. The van der Waals surface area contributed by atoms with Gasteiger partial charge in [-0.1, -0.05) is 18.2 Å². The monoisotopic (exact) mass is 257 g/mol. The molecule has 0 aliphatic carbocycles. The zero-order chi connectivity index (χ0) is 13.1. The van der Waals surface area contributed by atoms with Crippen molar-refractivity contribution in [2.24, 2.45) is 0 Å². The number of fused-ring (bicyclic) bond motifs is 1. The standard InChI is InChI=1S/C14H15N3O2/c18-14(12-9-15-7-8-16-12)19-13-11-4-2-1-3-10(11)5-6-17-13/h1-6,12,15-16H,7-9H2. The van der Waals surface area contributed by atoms with Gasteiger partial charge in [-0.3, -0.25) is 0 Å². The van der Waals surface area contributed by atoms with Crippen LogP contribution in [0.5, 0.6) is 5.88 Å². The molecule has 2 aromatic rings. The molecule has 1 unspecified atom stereocenters. The van der Waals surface area contributed by atoms with Crippen LogP contribution >= 0.6 is 0 Å². The first kappa shape index (κ1) is 12.1. The molecule has 1 aromatic heterocycles. The van der Waals surface area contributed by atoms with Crippen LogP contribution in [-0.4, -0.2) is 36.6 Å². The number of hydrogen-bond acceptors (Lipinski definition) is 5. The highest BCUT2D eigenvalue weighted by Gasteiger charge is 2.23. The first-order valence-electron chi connectivity index (χ1n) is 6.34. The van der Waals surface area contributed by atoms with Crippen LogP contribution in [0.1, 0.15) is 0 Å². The second kappa shape index (κ2) is 5.34. The number of ether oxygens (including phenoxy) is 1. The fraction of sp³-hybridized carbons (Fsp3) is 0.286. The minimum Gasteiger partial charge on any atom is -0.406 e. The Morgan fingerprint density at radius 1 is 1.26 bits per heavy atom. The van der Waals surface area contributed by atoms with E-state index in [1.54, 1.807) is 6.20 Å². The lowest BCUT2D eigenvalue weighted by atomic mass is 10.2. The molecule has 1 fully saturated rings. The molecular formula is C14H15N3O2. The molecule has 1 aromatic carbocycles. The van der Waals surface area contributed by atoms with Gasteiger partial charge < -0.3 is 15.4 Å². The molecule has 5 nitrogen and oxygen atoms in total. The summed E-state index contributed by atoms with van der Waals surface area (Å²) in [4.78, 5) is 16.2. The molecule has 3 rings (SSSR count). The van der Waals surface area contributed by atoms with Crippen LogP contribution < -0.4 is 15.4 Å². The number of esters is 1. The van der Waals surface area contributed by atoms with E-state index in [-0.39, 0.29) is 12.0 Å². The molecule has 1 atom stereocenters. The van der Waals surface area contributed by atoms with E-state index in [1.165, 1.54) is 0 Å². The second-order valence-electron chi connectivity index (χ2n) is 4.47. The maximum absolute atomic E-state index is 12.0. The molecule has 0 saturated carbocycles. The van der Waals surface area contributed by atoms with Crippen molar-refractivity contribution in [3.8, 4) is 5.88 Å². The Bertz CT molecular complexity index is 589. The number of nitrogens with zero attached hydrogens (tertiary/aromatic N) is 1. The number of rotatable bonds is 2. The van der Waals surface area contributed by atoms with Gasteiger partial charge in [0, 0.05) is 31.2 Å². The highest BCUT2D eigenvalue weighted by molar-refractivity contribution is 5.89. The molecule has 0 amide bonds. The van der Waals surface area contributed by atoms with Crippen molar-refractivity contribution in [3.05, 3.63) is 36.5 Å². The SMILES string of the molecule is O=C(Oc1nccc2ccccc12)C1CNCCN1. The predicted octanol–water partition coefficient (Wildman–Crippen LogP) is 0.702. The van der Waals surface area contributed by atoms with E-state index in [9.17, 15) is 4.79 Å². The first-order chi connectivity index (χ1) is 9.34. The quantitative estimate of drug-likeness (QED) is 0.775. The third-order valence-electron chi connectivity index (χ3n) is 3.16. The Morgan fingerprint density at radius 2 is 2.16 bits per heavy atom. The zero-order valence-corrected chi connectivity index (χ0v) is 10.4. The van der Waals surface area contributed by atoms with Crippen LogP contribution in [0.2, 0.25) is 0 Å². The lowest BCUT2D eigenvalue weighted by Crippen LogP contribution is -2.53. The molecule has 19 heavy (non-hydrogen) atoms. The van der Waals surface area contributed by atoms with Gasteiger partial charge in [-0.2, -0.15) is 0 Å². The van der Waals surface area contributed by atoms with Gasteiger partial charge >= 0.3 is 5.97 Å². The molecule has 1 saturated heterocycles. The second-order valence-corrected chi connectivity index (χ2v) is 4.47. The minimum atomic E-state index is -0.311. The summed E-state index contributed by atoms with van der Waals surface area (Å²) >= 11 is 0. The Labute approximate surface area is 111 Å². The van der Waals surface area contributed by atoms with Crippen LogP contribution in [0.25, 0.3) is 10.8 Å². The van der Waals surface area contributed by atoms with Crippen LogP contribution in [0.3, 0.4) is 0 Å². The number of benzene rings is 1. The van der Waals surface area contributed by atoms with Gasteiger partial charge in [-0.15, -0.1) is 0 Å². The van der Waals surface area contributed by atoms with E-state index in [0.717, 1.165) is 23.9 Å². The van der Waals surface area contributed by atoms with E-state index < -0.39 is 0 Å². The van der Waals surface area contributed by atoms with Crippen molar-refractivity contribution in [1.29, 1.82) is 0 Å². The number of carbonyl (C=O) groups excluding carboxylic acids is 1. The maximum Gasteiger partial charge on any atom is 0.331 e. The van der Waals surface area contributed by atoms with Crippen LogP contribution in [0.15, 0.2) is 36.5 Å². The molecular weight excluding hydrogens is 242 g/mol. The van der Waals surface area contributed by atoms with Gasteiger partial charge in [-0.25, -0.2) is 9.78 Å². The molecule has 5 heteroatoms. The van der Waals surface area contributed by atoms with E-state index in [1.807, 2.05) is 30.3 Å². The highest BCUT2D eigenvalue weighted by atomic mass is 16.5. The zero-order valence-electron chi connectivity index (χ0n) is 10.4. The van der Waals surface area contributed by atoms with E-state index in [2.05, 4.69) is 15.6 Å². The molecule has 0 bridgehead atoms. The number of aromatic nitrogens is 1. The van der Waals surface area contributed by atoms with E-state index in [0.29, 0.717) is 12.4 Å². The van der Waals surface area contributed by atoms with Crippen LogP contribution in [0, 0.1) is 0 Å². The molecule has 2 N–H and O–H groups in total. The third-order valence-corrected chi connectivity index (χ3v) is 3.16. The molecule has 1 aliphatic rings. The smallest absolute Gasteiger partial charge is 0.331 e. The van der Waals surface area contributed by atoms with Gasteiger partial charge in [0.05, 0.1) is 0 Å². The van der Waals surface area contributed by atoms with Crippen molar-refractivity contribution in [2.75, 3.05) is 19.6 Å². The Kier molecular flexibility index (Phi) is 3.39. The third kappa shape index (κ3) is 2.57. The number of hydrogen-bond donors (Lipinski definition) is 2. The number of pyridine rings is 1. The van der Waals surface area contributed by atoms with Crippen LogP contribution in [0.4, 0.5) is 0 Å².